The molecule has 3 atom stereocenters. The summed E-state index contributed by atoms with van der Waals surface area (Å²) in [6.07, 6.45) is 4.57. The number of piperidine rings is 1. The lowest BCUT2D eigenvalue weighted by Crippen LogP contribution is -2.56. The molecule has 0 bridgehead atoms. The number of fused-ring (bicyclic) bond motifs is 2. The summed E-state index contributed by atoms with van der Waals surface area (Å²) >= 11 is 0. The van der Waals surface area contributed by atoms with E-state index in [-0.39, 0.29) is 5.92 Å². The van der Waals surface area contributed by atoms with Gasteiger partial charge in [0.1, 0.15) is 17.6 Å². The first-order valence-corrected chi connectivity index (χ1v) is 11.8. The fourth-order valence-corrected chi connectivity index (χ4v) is 5.93. The van der Waals surface area contributed by atoms with Crippen LogP contribution >= 0.6 is 0 Å². The molecule has 0 unspecified atom stereocenters. The molecule has 2 aliphatic heterocycles. The average molecular weight is 446 g/mol. The van der Waals surface area contributed by atoms with E-state index in [1.807, 2.05) is 11.0 Å². The Balaban J connectivity index is 1.23. The summed E-state index contributed by atoms with van der Waals surface area (Å²) in [5, 5.41) is 8.97. The van der Waals surface area contributed by atoms with Crippen LogP contribution in [-0.2, 0) is 17.6 Å². The molecule has 7 nitrogen and oxygen atoms in total. The number of nitriles is 1. The maximum absolute atomic E-state index is 13.5. The van der Waals surface area contributed by atoms with Crippen molar-refractivity contribution in [2.75, 3.05) is 51.8 Å². The molecule has 1 aromatic heterocycles. The molecule has 5 rings (SSSR count). The van der Waals surface area contributed by atoms with E-state index in [0.717, 1.165) is 50.5 Å². The van der Waals surface area contributed by atoms with Crippen LogP contribution in [0.25, 0.3) is 0 Å². The van der Waals surface area contributed by atoms with Crippen LogP contribution in [0.4, 0.5) is 5.82 Å². The Kier molecular flexibility index (Phi) is 5.94. The maximum atomic E-state index is 13.5. The number of pyridine rings is 1. The molecule has 3 heterocycles. The van der Waals surface area contributed by atoms with E-state index in [2.05, 4.69) is 46.1 Å². The van der Waals surface area contributed by atoms with Crippen LogP contribution in [0, 0.1) is 23.2 Å². The van der Waals surface area contributed by atoms with Crippen molar-refractivity contribution >= 4 is 11.7 Å². The third-order valence-corrected chi connectivity index (χ3v) is 7.69. The van der Waals surface area contributed by atoms with Gasteiger partial charge in [-0.15, -0.1) is 0 Å². The van der Waals surface area contributed by atoms with Crippen LogP contribution in [-0.4, -0.2) is 73.6 Å². The Morgan fingerprint density at radius 3 is 2.67 bits per heavy atom. The van der Waals surface area contributed by atoms with Crippen molar-refractivity contribution in [3.8, 4) is 11.8 Å². The fourth-order valence-electron chi connectivity index (χ4n) is 5.93. The minimum absolute atomic E-state index is 0.0482. The van der Waals surface area contributed by atoms with Crippen LogP contribution in [0.15, 0.2) is 36.5 Å². The van der Waals surface area contributed by atoms with Gasteiger partial charge in [0.15, 0.2) is 0 Å². The number of carbonyl (C=O) groups excluding carboxylic acids is 1. The lowest BCUT2D eigenvalue weighted by Gasteiger charge is -2.47. The molecular weight excluding hydrogens is 414 g/mol. The molecular formula is C26H31N5O2. The molecule has 2 aromatic rings. The molecule has 1 aromatic carbocycles. The maximum Gasteiger partial charge on any atom is 0.227 e. The Labute approximate surface area is 195 Å². The lowest BCUT2D eigenvalue weighted by molar-refractivity contribution is -0.139. The summed E-state index contributed by atoms with van der Waals surface area (Å²) in [6.45, 7) is 3.79. The topological polar surface area (TPSA) is 72.7 Å². The molecule has 0 spiro atoms. The Morgan fingerprint density at radius 2 is 1.97 bits per heavy atom. The van der Waals surface area contributed by atoms with E-state index < -0.39 is 0 Å². The van der Waals surface area contributed by atoms with E-state index in [1.54, 1.807) is 19.4 Å². The normalized spacial score (nSPS) is 25.1. The molecule has 33 heavy (non-hydrogen) atoms. The summed E-state index contributed by atoms with van der Waals surface area (Å²) in [7, 11) is 3.92. The summed E-state index contributed by atoms with van der Waals surface area (Å²) in [6, 6.07) is 12.6. The van der Waals surface area contributed by atoms with Crippen molar-refractivity contribution in [1.29, 1.82) is 5.26 Å². The van der Waals surface area contributed by atoms with Crippen LogP contribution in [0.1, 0.15) is 23.1 Å². The summed E-state index contributed by atoms with van der Waals surface area (Å²) in [4.78, 5) is 24.5. The van der Waals surface area contributed by atoms with Gasteiger partial charge >= 0.3 is 0 Å². The molecule has 1 amide bonds. The van der Waals surface area contributed by atoms with Crippen molar-refractivity contribution in [2.45, 2.75) is 25.3 Å². The van der Waals surface area contributed by atoms with Gasteiger partial charge in [-0.05, 0) is 61.6 Å². The number of benzene rings is 1. The van der Waals surface area contributed by atoms with Crippen molar-refractivity contribution in [3.63, 3.8) is 0 Å². The van der Waals surface area contributed by atoms with E-state index >= 15 is 0 Å². The highest BCUT2D eigenvalue weighted by molar-refractivity contribution is 5.79. The molecule has 1 aliphatic carbocycles. The lowest BCUT2D eigenvalue weighted by atomic mass is 9.72. The number of aromatic nitrogens is 1. The van der Waals surface area contributed by atoms with Crippen molar-refractivity contribution in [3.05, 3.63) is 53.2 Å². The summed E-state index contributed by atoms with van der Waals surface area (Å²) in [5.41, 5.74) is 3.28. The number of hydrogen-bond donors (Lipinski definition) is 0. The van der Waals surface area contributed by atoms with Gasteiger partial charge in [-0.3, -0.25) is 4.79 Å². The largest absolute Gasteiger partial charge is 0.496 e. The van der Waals surface area contributed by atoms with Gasteiger partial charge in [0.25, 0.3) is 0 Å². The van der Waals surface area contributed by atoms with Crippen LogP contribution in [0.3, 0.4) is 0 Å². The Morgan fingerprint density at radius 1 is 1.15 bits per heavy atom. The first kappa shape index (κ1) is 21.7. The number of carbonyl (C=O) groups is 1. The molecule has 2 saturated heterocycles. The zero-order chi connectivity index (χ0) is 22.9. The SMILES string of the molecule is COc1cccc2c1C[C@H]1C[C@@H](C(=O)N3CCN(c4ccc(C#N)cn4)CC3)CN(C)[C@@H]1C2. The number of amides is 1. The van der Waals surface area contributed by atoms with E-state index in [4.69, 9.17) is 10.00 Å². The zero-order valence-corrected chi connectivity index (χ0v) is 19.4. The van der Waals surface area contributed by atoms with Crippen LogP contribution in [0.5, 0.6) is 5.75 Å². The number of likely N-dealkylation sites (N-methyl/N-ethyl adjacent to an activating group) is 1. The molecule has 7 heteroatoms. The van der Waals surface area contributed by atoms with Crippen molar-refractivity contribution < 1.29 is 9.53 Å². The molecule has 0 saturated carbocycles. The van der Waals surface area contributed by atoms with E-state index in [0.29, 0.717) is 36.5 Å². The standard InChI is InChI=1S/C26H31N5O2/c1-29-17-21(12-20-13-22-19(14-23(20)29)4-3-5-24(22)33-2)26(32)31-10-8-30(9-11-31)25-7-6-18(15-27)16-28-25/h3-7,16,20-21,23H,8-14,17H2,1-2H3/t20-,21-,23-/m1/s1. The van der Waals surface area contributed by atoms with Gasteiger partial charge in [0.05, 0.1) is 18.6 Å². The Hall–Kier alpha value is -3.11. The van der Waals surface area contributed by atoms with Gasteiger partial charge in [-0.2, -0.15) is 5.26 Å². The highest BCUT2D eigenvalue weighted by Crippen LogP contribution is 2.40. The van der Waals surface area contributed by atoms with Gasteiger partial charge in [0.2, 0.25) is 5.91 Å². The third kappa shape index (κ3) is 4.16. The summed E-state index contributed by atoms with van der Waals surface area (Å²) < 4.78 is 5.63. The second kappa shape index (κ2) is 9.03. The second-order valence-electron chi connectivity index (χ2n) is 9.54. The highest BCUT2D eigenvalue weighted by Gasteiger charge is 2.41. The van der Waals surface area contributed by atoms with Crippen molar-refractivity contribution in [1.82, 2.24) is 14.8 Å². The van der Waals surface area contributed by atoms with E-state index in [1.165, 1.54) is 11.1 Å². The Bertz CT molecular complexity index is 1060. The van der Waals surface area contributed by atoms with Crippen molar-refractivity contribution in [2.24, 2.45) is 11.8 Å². The minimum Gasteiger partial charge on any atom is -0.496 e. The van der Waals surface area contributed by atoms with Crippen LogP contribution < -0.4 is 9.64 Å². The molecule has 3 aliphatic rings. The van der Waals surface area contributed by atoms with Gasteiger partial charge < -0.3 is 19.4 Å². The quantitative estimate of drug-likeness (QED) is 0.722. The van der Waals surface area contributed by atoms with Gasteiger partial charge in [0, 0.05) is 45.0 Å². The molecule has 2 fully saturated rings. The molecule has 0 radical (unpaired) electrons. The number of hydrogen-bond acceptors (Lipinski definition) is 6. The number of piperazine rings is 1. The zero-order valence-electron chi connectivity index (χ0n) is 19.4. The second-order valence-corrected chi connectivity index (χ2v) is 9.54. The molecule has 172 valence electrons. The smallest absolute Gasteiger partial charge is 0.227 e. The first-order valence-electron chi connectivity index (χ1n) is 11.8. The first-order chi connectivity index (χ1) is 16.1. The minimum atomic E-state index is 0.0482. The predicted molar refractivity (Wildman–Crippen MR) is 126 cm³/mol. The number of ether oxygens (including phenoxy) is 1. The average Bonchev–Trinajstić information content (AvgIpc) is 2.87. The van der Waals surface area contributed by atoms with Gasteiger partial charge in [-0.25, -0.2) is 4.98 Å². The van der Waals surface area contributed by atoms with Gasteiger partial charge in [-0.1, -0.05) is 12.1 Å². The fraction of sp³-hybridized carbons (Fsp3) is 0.500. The number of likely N-dealkylation sites (tertiary alicyclic amines) is 1. The van der Waals surface area contributed by atoms with E-state index in [9.17, 15) is 4.79 Å². The number of anilines is 1. The number of methoxy groups -OCH3 is 1. The third-order valence-electron chi connectivity index (χ3n) is 7.69. The number of rotatable bonds is 3. The number of nitrogens with zero attached hydrogens (tertiary/aromatic N) is 5. The predicted octanol–water partition coefficient (Wildman–Crippen LogP) is 2.35. The molecule has 0 N–H and O–H groups in total. The van der Waals surface area contributed by atoms with Crippen LogP contribution in [0.2, 0.25) is 0 Å². The summed E-state index contributed by atoms with van der Waals surface area (Å²) in [5.74, 6) is 2.67. The monoisotopic (exact) mass is 445 g/mol. The highest BCUT2D eigenvalue weighted by atomic mass is 16.5.